The first kappa shape index (κ1) is 16.9. The summed E-state index contributed by atoms with van der Waals surface area (Å²) >= 11 is 3.52. The van der Waals surface area contributed by atoms with Crippen LogP contribution in [0.25, 0.3) is 0 Å². The number of rotatable bonds is 3. The van der Waals surface area contributed by atoms with Crippen LogP contribution >= 0.6 is 15.9 Å². The third-order valence-corrected chi connectivity index (χ3v) is 9.00. The van der Waals surface area contributed by atoms with Crippen molar-refractivity contribution in [2.24, 2.45) is 5.92 Å². The zero-order valence-corrected chi connectivity index (χ0v) is 17.6. The molecule has 2 aliphatic heterocycles. The highest BCUT2D eigenvalue weighted by Crippen LogP contribution is 2.75. The van der Waals surface area contributed by atoms with E-state index in [4.69, 9.17) is 4.74 Å². The van der Waals surface area contributed by atoms with Crippen LogP contribution in [0.15, 0.2) is 40.9 Å². The van der Waals surface area contributed by atoms with Gasteiger partial charge in [-0.2, -0.15) is 0 Å². The molecule has 4 nitrogen and oxygen atoms in total. The van der Waals surface area contributed by atoms with Crippen molar-refractivity contribution in [3.8, 4) is 11.5 Å². The smallest absolute Gasteiger partial charge is 0.174 e. The van der Waals surface area contributed by atoms with Crippen LogP contribution in [0, 0.1) is 5.92 Å². The largest absolute Gasteiger partial charge is 0.504 e. The van der Waals surface area contributed by atoms with Gasteiger partial charge in [0.25, 0.3) is 0 Å². The summed E-state index contributed by atoms with van der Waals surface area (Å²) in [5, 5.41) is 10.4. The van der Waals surface area contributed by atoms with Gasteiger partial charge in [0.2, 0.25) is 0 Å². The lowest BCUT2D eigenvalue weighted by atomic mass is 9.59. The lowest BCUT2D eigenvalue weighted by Gasteiger charge is -2.45. The second-order valence-electron chi connectivity index (χ2n) is 9.57. The predicted molar refractivity (Wildman–Crippen MR) is 111 cm³/mol. The number of aromatic hydroxyl groups is 1. The van der Waals surface area contributed by atoms with E-state index >= 15 is 0 Å². The molecule has 2 aromatic carbocycles. The summed E-state index contributed by atoms with van der Waals surface area (Å²) in [6, 6.07) is 13.0. The third kappa shape index (κ3) is 1.88. The van der Waals surface area contributed by atoms with E-state index in [9.17, 15) is 9.90 Å². The quantitative estimate of drug-likeness (QED) is 0.721. The first-order valence-corrected chi connectivity index (χ1v) is 11.4. The van der Waals surface area contributed by atoms with Crippen LogP contribution in [0.4, 0.5) is 0 Å². The van der Waals surface area contributed by atoms with Gasteiger partial charge in [-0.25, -0.2) is 0 Å². The third-order valence-electron chi connectivity index (χ3n) is 8.47. The number of carbonyl (C=O) groups excluding carboxylic acids is 1. The number of likely N-dealkylation sites (tertiary alicyclic amines) is 1. The van der Waals surface area contributed by atoms with E-state index in [0.717, 1.165) is 36.7 Å². The molecule has 2 spiro atoms. The standard InChI is InChI=1S/C24H22BrNO3/c25-15-4-1-13(2-5-15)9-10-26-21-16-6-8-18(28)22-24(16)12-23(21,26)11-14-3-7-17(27)20(29-22)19(14)24/h1-5,7,16,21-22,27H,6,8-12H2/t16?,21?,22-,23?,24?,26?/m0/s1. The van der Waals surface area contributed by atoms with Crippen molar-refractivity contribution in [3.05, 3.63) is 57.6 Å². The van der Waals surface area contributed by atoms with Crippen molar-refractivity contribution < 1.29 is 14.6 Å². The zero-order chi connectivity index (χ0) is 19.5. The number of nitrogens with zero attached hydrogens (tertiary/aromatic N) is 1. The minimum atomic E-state index is -0.387. The number of halogens is 1. The molecule has 29 heavy (non-hydrogen) atoms. The lowest BCUT2D eigenvalue weighted by molar-refractivity contribution is -0.133. The average Bonchev–Trinajstić information content (AvgIpc) is 3.02. The van der Waals surface area contributed by atoms with Gasteiger partial charge in [0.15, 0.2) is 23.4 Å². The number of hydrogen-bond donors (Lipinski definition) is 1. The van der Waals surface area contributed by atoms with Crippen molar-refractivity contribution in [2.75, 3.05) is 6.54 Å². The number of piperidine rings is 1. The number of fused-ring (bicyclic) bond motifs is 1. The van der Waals surface area contributed by atoms with Crippen LogP contribution in [0.2, 0.25) is 0 Å². The molecule has 2 aromatic rings. The molecule has 3 fully saturated rings. The Morgan fingerprint density at radius 3 is 2.86 bits per heavy atom. The highest BCUT2D eigenvalue weighted by atomic mass is 79.9. The normalized spacial score (nSPS) is 39.7. The van der Waals surface area contributed by atoms with Gasteiger partial charge in [0.1, 0.15) is 0 Å². The van der Waals surface area contributed by atoms with Gasteiger partial charge < -0.3 is 9.84 Å². The highest BCUT2D eigenvalue weighted by Gasteiger charge is 2.82. The van der Waals surface area contributed by atoms with Crippen LogP contribution < -0.4 is 4.74 Å². The van der Waals surface area contributed by atoms with Gasteiger partial charge in [0, 0.05) is 40.0 Å². The fourth-order valence-corrected chi connectivity index (χ4v) is 7.81. The molecule has 2 saturated carbocycles. The second-order valence-corrected chi connectivity index (χ2v) is 10.5. The van der Waals surface area contributed by atoms with Gasteiger partial charge >= 0.3 is 0 Å². The van der Waals surface area contributed by atoms with Crippen molar-refractivity contribution in [2.45, 2.75) is 55.2 Å². The Hall–Kier alpha value is -1.85. The number of carbonyl (C=O) groups is 1. The summed E-state index contributed by atoms with van der Waals surface area (Å²) in [6.45, 7) is 1.07. The number of ether oxygens (including phenoxy) is 1. The number of ketones is 1. The molecule has 3 aliphatic carbocycles. The summed E-state index contributed by atoms with van der Waals surface area (Å²) in [7, 11) is 0. The molecule has 1 saturated heterocycles. The van der Waals surface area contributed by atoms with E-state index in [1.54, 1.807) is 6.07 Å². The lowest BCUT2D eigenvalue weighted by Crippen LogP contribution is -2.55. The molecule has 2 bridgehead atoms. The molecule has 1 N–H and O–H groups in total. The molecule has 148 valence electrons. The first-order chi connectivity index (χ1) is 14.0. The highest BCUT2D eigenvalue weighted by molar-refractivity contribution is 9.10. The van der Waals surface area contributed by atoms with Gasteiger partial charge in [-0.1, -0.05) is 34.1 Å². The molecule has 0 radical (unpaired) electrons. The summed E-state index contributed by atoms with van der Waals surface area (Å²) < 4.78 is 7.30. The second kappa shape index (κ2) is 5.25. The Bertz CT molecular complexity index is 1080. The summed E-state index contributed by atoms with van der Waals surface area (Å²) in [4.78, 5) is 15.5. The minimum Gasteiger partial charge on any atom is -0.504 e. The number of phenolic OH excluding ortho intramolecular Hbond substituents is 1. The van der Waals surface area contributed by atoms with Crippen LogP contribution in [0.3, 0.4) is 0 Å². The van der Waals surface area contributed by atoms with Gasteiger partial charge in [-0.15, -0.1) is 0 Å². The molecular weight excluding hydrogens is 430 g/mol. The Balaban J connectivity index is 1.27. The van der Waals surface area contributed by atoms with E-state index in [0.29, 0.717) is 24.1 Å². The monoisotopic (exact) mass is 451 g/mol. The molecule has 7 rings (SSSR count). The molecule has 5 heteroatoms. The van der Waals surface area contributed by atoms with Crippen LogP contribution in [-0.2, 0) is 23.1 Å². The van der Waals surface area contributed by atoms with Crippen LogP contribution in [-0.4, -0.2) is 40.0 Å². The molecule has 5 aliphatic rings. The molecule has 0 amide bonds. The molecule has 6 atom stereocenters. The van der Waals surface area contributed by atoms with Crippen molar-refractivity contribution in [1.82, 2.24) is 4.90 Å². The maximum Gasteiger partial charge on any atom is 0.174 e. The predicted octanol–water partition coefficient (Wildman–Crippen LogP) is 3.76. The zero-order valence-electron chi connectivity index (χ0n) is 16.0. The average molecular weight is 452 g/mol. The summed E-state index contributed by atoms with van der Waals surface area (Å²) in [5.74, 6) is 1.48. The van der Waals surface area contributed by atoms with Crippen molar-refractivity contribution in [3.63, 3.8) is 0 Å². The van der Waals surface area contributed by atoms with E-state index in [1.807, 2.05) is 0 Å². The maximum atomic E-state index is 12.8. The van der Waals surface area contributed by atoms with Crippen LogP contribution in [0.1, 0.15) is 36.0 Å². The number of hydrogen-bond acceptors (Lipinski definition) is 4. The molecule has 5 unspecified atom stereocenters. The van der Waals surface area contributed by atoms with Crippen LogP contribution in [0.5, 0.6) is 11.5 Å². The molecule has 2 heterocycles. The fraction of sp³-hybridized carbons (Fsp3) is 0.458. The summed E-state index contributed by atoms with van der Waals surface area (Å²) in [5.41, 5.74) is 3.81. The Morgan fingerprint density at radius 1 is 1.21 bits per heavy atom. The molecule has 0 aromatic heterocycles. The van der Waals surface area contributed by atoms with Gasteiger partial charge in [0.05, 0.1) is 0 Å². The Kier molecular flexibility index (Phi) is 3.06. The SMILES string of the molecule is O=C1CCC2C3N(CCc4ccc(Br)cc4)C34Cc3ccc(O)c5c3C2(C4)[C@H]1O5. The maximum absolute atomic E-state index is 12.8. The van der Waals surface area contributed by atoms with Gasteiger partial charge in [-0.3, -0.25) is 9.69 Å². The number of Topliss-reactive ketones (excluding diaryl/α,β-unsaturated/α-hetero) is 1. The number of phenols is 1. The van der Waals surface area contributed by atoms with E-state index in [1.165, 1.54) is 16.7 Å². The van der Waals surface area contributed by atoms with E-state index in [2.05, 4.69) is 51.2 Å². The van der Waals surface area contributed by atoms with Crippen molar-refractivity contribution >= 4 is 21.7 Å². The van der Waals surface area contributed by atoms with Gasteiger partial charge in [-0.05, 0) is 60.9 Å². The summed E-state index contributed by atoms with van der Waals surface area (Å²) in [6.07, 6.45) is 4.25. The molecular formula is C24H22BrNO3. The van der Waals surface area contributed by atoms with E-state index < -0.39 is 0 Å². The first-order valence-electron chi connectivity index (χ1n) is 10.6. The fourth-order valence-electron chi connectivity index (χ4n) is 7.54. The Labute approximate surface area is 178 Å². The topological polar surface area (TPSA) is 49.5 Å². The van der Waals surface area contributed by atoms with E-state index in [-0.39, 0.29) is 28.6 Å². The minimum absolute atomic E-state index is 0.178. The van der Waals surface area contributed by atoms with Crippen molar-refractivity contribution in [1.29, 1.82) is 0 Å². The Morgan fingerprint density at radius 2 is 2.03 bits per heavy atom. The number of benzene rings is 2.